The van der Waals surface area contributed by atoms with Crippen molar-refractivity contribution in [1.29, 1.82) is 0 Å². The fourth-order valence-corrected chi connectivity index (χ4v) is 2.36. The molecular weight excluding hydrogens is 295 g/mol. The number of carbonyl (C=O) groups is 2. The number of Topliss-reactive ketones (excluding diaryl/α,β-unsaturated/α-hetero) is 1. The third kappa shape index (κ3) is 4.79. The first-order valence-electron chi connectivity index (χ1n) is 6.87. The van der Waals surface area contributed by atoms with Gasteiger partial charge in [0.05, 0.1) is 0 Å². The van der Waals surface area contributed by atoms with Crippen LogP contribution in [0.2, 0.25) is 0 Å². The molecule has 2 rings (SSSR count). The van der Waals surface area contributed by atoms with Crippen molar-refractivity contribution in [2.24, 2.45) is 0 Å². The molecule has 1 aromatic carbocycles. The predicted octanol–water partition coefficient (Wildman–Crippen LogP) is 2.03. The lowest BCUT2D eigenvalue weighted by Crippen LogP contribution is -2.52. The van der Waals surface area contributed by atoms with E-state index < -0.39 is 0 Å². The van der Waals surface area contributed by atoms with E-state index in [4.69, 9.17) is 0 Å². The maximum atomic E-state index is 12.8. The van der Waals surface area contributed by atoms with Gasteiger partial charge in [0.1, 0.15) is 5.82 Å². The van der Waals surface area contributed by atoms with E-state index in [-0.39, 0.29) is 48.8 Å². The molecule has 0 aromatic heterocycles. The highest BCUT2D eigenvalue weighted by molar-refractivity contribution is 5.97. The summed E-state index contributed by atoms with van der Waals surface area (Å²) in [7, 11) is 0. The summed E-state index contributed by atoms with van der Waals surface area (Å²) in [5.41, 5.74) is 0.451. The van der Waals surface area contributed by atoms with E-state index in [0.717, 1.165) is 13.1 Å². The predicted molar refractivity (Wildman–Crippen MR) is 81.3 cm³/mol. The second kappa shape index (κ2) is 8.10. The first-order chi connectivity index (χ1) is 9.58. The lowest BCUT2D eigenvalue weighted by Gasteiger charge is -2.34. The van der Waals surface area contributed by atoms with Crippen LogP contribution in [0.15, 0.2) is 24.3 Å². The zero-order valence-corrected chi connectivity index (χ0v) is 12.8. The summed E-state index contributed by atoms with van der Waals surface area (Å²) in [5.74, 6) is -0.483. The van der Waals surface area contributed by atoms with Crippen molar-refractivity contribution in [3.05, 3.63) is 35.6 Å². The third-order valence-corrected chi connectivity index (χ3v) is 3.55. The number of benzene rings is 1. The Balaban J connectivity index is 0.00000220. The van der Waals surface area contributed by atoms with Crippen molar-refractivity contribution in [2.45, 2.75) is 25.8 Å². The Hall–Kier alpha value is -1.46. The van der Waals surface area contributed by atoms with Crippen LogP contribution >= 0.6 is 12.4 Å². The van der Waals surface area contributed by atoms with Gasteiger partial charge in [-0.1, -0.05) is 0 Å². The average molecular weight is 315 g/mol. The minimum atomic E-state index is -0.368. The molecule has 1 amide bonds. The van der Waals surface area contributed by atoms with Gasteiger partial charge >= 0.3 is 0 Å². The first kappa shape index (κ1) is 17.6. The maximum absolute atomic E-state index is 12.8. The van der Waals surface area contributed by atoms with Crippen LogP contribution in [-0.2, 0) is 4.79 Å². The normalized spacial score (nSPS) is 18.0. The number of hydrogen-bond donors (Lipinski definition) is 1. The molecule has 1 N–H and O–H groups in total. The van der Waals surface area contributed by atoms with Gasteiger partial charge in [0.15, 0.2) is 5.78 Å². The van der Waals surface area contributed by atoms with Crippen LogP contribution in [0.3, 0.4) is 0 Å². The van der Waals surface area contributed by atoms with E-state index in [2.05, 4.69) is 5.32 Å². The molecule has 4 nitrogen and oxygen atoms in total. The first-order valence-corrected chi connectivity index (χ1v) is 6.87. The maximum Gasteiger partial charge on any atom is 0.223 e. The van der Waals surface area contributed by atoms with Crippen LogP contribution in [0.25, 0.3) is 0 Å². The Morgan fingerprint density at radius 3 is 2.57 bits per heavy atom. The van der Waals surface area contributed by atoms with Gasteiger partial charge in [0.25, 0.3) is 0 Å². The van der Waals surface area contributed by atoms with E-state index in [9.17, 15) is 14.0 Å². The topological polar surface area (TPSA) is 49.4 Å². The Labute approximate surface area is 130 Å². The van der Waals surface area contributed by atoms with E-state index in [0.29, 0.717) is 12.1 Å². The summed E-state index contributed by atoms with van der Waals surface area (Å²) in [6.45, 7) is 4.26. The monoisotopic (exact) mass is 314 g/mol. The summed E-state index contributed by atoms with van der Waals surface area (Å²) in [6, 6.07) is 5.59. The van der Waals surface area contributed by atoms with Crippen molar-refractivity contribution in [3.63, 3.8) is 0 Å². The van der Waals surface area contributed by atoms with Crippen molar-refractivity contribution in [1.82, 2.24) is 10.2 Å². The highest BCUT2D eigenvalue weighted by Crippen LogP contribution is 2.10. The summed E-state index contributed by atoms with van der Waals surface area (Å²) >= 11 is 0. The molecule has 21 heavy (non-hydrogen) atoms. The molecule has 0 bridgehead atoms. The van der Waals surface area contributed by atoms with Gasteiger partial charge in [-0.3, -0.25) is 9.59 Å². The molecule has 6 heteroatoms. The number of rotatable bonds is 4. The molecule has 0 radical (unpaired) electrons. The van der Waals surface area contributed by atoms with Crippen LogP contribution < -0.4 is 5.32 Å². The molecule has 1 aromatic rings. The quantitative estimate of drug-likeness (QED) is 0.865. The van der Waals surface area contributed by atoms with Gasteiger partial charge < -0.3 is 10.2 Å². The molecule has 1 aliphatic heterocycles. The fraction of sp³-hybridized carbons (Fsp3) is 0.467. The zero-order chi connectivity index (χ0) is 14.5. The lowest BCUT2D eigenvalue weighted by atomic mass is 10.1. The Bertz CT molecular complexity index is 493. The molecule has 1 aliphatic rings. The molecule has 1 heterocycles. The average Bonchev–Trinajstić information content (AvgIpc) is 2.45. The van der Waals surface area contributed by atoms with Crippen molar-refractivity contribution in [2.75, 3.05) is 19.6 Å². The number of hydrogen-bond acceptors (Lipinski definition) is 3. The van der Waals surface area contributed by atoms with E-state index in [1.54, 1.807) is 0 Å². The highest BCUT2D eigenvalue weighted by Gasteiger charge is 2.23. The van der Waals surface area contributed by atoms with Crippen molar-refractivity contribution < 1.29 is 14.0 Å². The number of carbonyl (C=O) groups excluding carboxylic acids is 2. The summed E-state index contributed by atoms with van der Waals surface area (Å²) < 4.78 is 12.8. The number of halogens is 2. The van der Waals surface area contributed by atoms with Gasteiger partial charge in [-0.05, 0) is 31.2 Å². The Morgan fingerprint density at radius 1 is 1.29 bits per heavy atom. The second-order valence-corrected chi connectivity index (χ2v) is 5.07. The third-order valence-electron chi connectivity index (χ3n) is 3.55. The van der Waals surface area contributed by atoms with Crippen LogP contribution in [0.1, 0.15) is 30.1 Å². The summed E-state index contributed by atoms with van der Waals surface area (Å²) in [4.78, 5) is 25.8. The largest absolute Gasteiger partial charge is 0.337 e. The lowest BCUT2D eigenvalue weighted by molar-refractivity contribution is -0.133. The molecule has 0 unspecified atom stereocenters. The standard InChI is InChI=1S/C15H19FN2O2.ClH/c1-11-10-17-8-9-18(11)15(20)7-6-14(19)12-2-4-13(16)5-3-12;/h2-5,11,17H,6-10H2,1H3;1H/t11-;/m1./s1. The van der Waals surface area contributed by atoms with E-state index >= 15 is 0 Å². The molecule has 1 saturated heterocycles. The molecular formula is C15H20ClFN2O2. The van der Waals surface area contributed by atoms with Gasteiger partial charge in [0.2, 0.25) is 5.91 Å². The van der Waals surface area contributed by atoms with Crippen LogP contribution in [0, 0.1) is 5.82 Å². The van der Waals surface area contributed by atoms with Crippen LogP contribution in [0.5, 0.6) is 0 Å². The Morgan fingerprint density at radius 2 is 1.95 bits per heavy atom. The highest BCUT2D eigenvalue weighted by atomic mass is 35.5. The molecule has 1 fully saturated rings. The smallest absolute Gasteiger partial charge is 0.223 e. The van der Waals surface area contributed by atoms with Crippen LogP contribution in [-0.4, -0.2) is 42.3 Å². The molecule has 1 atom stereocenters. The number of nitrogens with zero attached hydrogens (tertiary/aromatic N) is 1. The van der Waals surface area contributed by atoms with E-state index in [1.165, 1.54) is 24.3 Å². The number of amides is 1. The summed E-state index contributed by atoms with van der Waals surface area (Å²) in [6.07, 6.45) is 0.377. The summed E-state index contributed by atoms with van der Waals surface area (Å²) in [5, 5.41) is 3.22. The minimum Gasteiger partial charge on any atom is -0.337 e. The SMILES string of the molecule is C[C@@H]1CNCCN1C(=O)CCC(=O)c1ccc(F)cc1.Cl. The minimum absolute atomic E-state index is 0. The molecule has 0 saturated carbocycles. The molecule has 0 aliphatic carbocycles. The number of piperazine rings is 1. The van der Waals surface area contributed by atoms with E-state index in [1.807, 2.05) is 11.8 Å². The number of ketones is 1. The number of nitrogens with one attached hydrogen (secondary N) is 1. The molecule has 116 valence electrons. The van der Waals surface area contributed by atoms with Gasteiger partial charge in [-0.2, -0.15) is 0 Å². The molecule has 0 spiro atoms. The zero-order valence-electron chi connectivity index (χ0n) is 12.0. The van der Waals surface area contributed by atoms with Gasteiger partial charge in [-0.15, -0.1) is 12.4 Å². The van der Waals surface area contributed by atoms with Crippen molar-refractivity contribution >= 4 is 24.1 Å². The van der Waals surface area contributed by atoms with Gasteiger partial charge in [0, 0.05) is 44.1 Å². The van der Waals surface area contributed by atoms with Crippen LogP contribution in [0.4, 0.5) is 4.39 Å². The second-order valence-electron chi connectivity index (χ2n) is 5.07. The fourth-order valence-electron chi connectivity index (χ4n) is 2.36. The Kier molecular flexibility index (Phi) is 6.78. The van der Waals surface area contributed by atoms with Gasteiger partial charge in [-0.25, -0.2) is 4.39 Å². The van der Waals surface area contributed by atoms with Crippen molar-refractivity contribution in [3.8, 4) is 0 Å².